The van der Waals surface area contributed by atoms with E-state index in [-0.39, 0.29) is 0 Å². The number of rotatable bonds is 2. The molecule has 0 N–H and O–H groups in total. The normalized spacial score (nSPS) is 9.75. The second-order valence-electron chi connectivity index (χ2n) is 2.77. The minimum Gasteiger partial charge on any atom is -0.465 e. The number of methoxy groups -OCH3 is 2. The largest absolute Gasteiger partial charge is 0.465 e. The molecule has 0 saturated heterocycles. The van der Waals surface area contributed by atoms with E-state index in [1.165, 1.54) is 0 Å². The first-order chi connectivity index (χ1) is 7.52. The van der Waals surface area contributed by atoms with Crippen molar-refractivity contribution >= 4 is 11.9 Å². The van der Waals surface area contributed by atoms with Gasteiger partial charge in [0.2, 0.25) is 0 Å². The summed E-state index contributed by atoms with van der Waals surface area (Å²) in [5, 5.41) is 0. The van der Waals surface area contributed by atoms with Crippen molar-refractivity contribution in [1.82, 2.24) is 0 Å². The number of benzene rings is 1. The Labute approximate surface area is 89.8 Å². The molecule has 1 aromatic rings. The van der Waals surface area contributed by atoms with Crippen molar-refractivity contribution in [2.75, 3.05) is 14.2 Å². The molecule has 1 rings (SSSR count). The lowest BCUT2D eigenvalue weighted by molar-refractivity contribution is 0.0576. The second-order valence-corrected chi connectivity index (χ2v) is 2.77. The molecule has 0 heterocycles. The lowest BCUT2D eigenvalue weighted by atomic mass is 10.1. The molecule has 0 aliphatic carbocycles. The maximum atomic E-state index is 13.3. The van der Waals surface area contributed by atoms with Gasteiger partial charge in [0, 0.05) is 0 Å². The lowest BCUT2D eigenvalue weighted by Gasteiger charge is -2.05. The molecule has 16 heavy (non-hydrogen) atoms. The van der Waals surface area contributed by atoms with Gasteiger partial charge in [-0.15, -0.1) is 0 Å². The number of hydrogen-bond acceptors (Lipinski definition) is 4. The van der Waals surface area contributed by atoms with Gasteiger partial charge < -0.3 is 9.47 Å². The van der Waals surface area contributed by atoms with E-state index in [0.29, 0.717) is 0 Å². The molecule has 0 aliphatic heterocycles. The van der Waals surface area contributed by atoms with Crippen molar-refractivity contribution in [2.24, 2.45) is 0 Å². The standard InChI is InChI=1S/C10H8F2O4/c1-15-9(13)5-3-4-6(10(14)16-2)8(12)7(5)11/h3-4H,1-2H3. The van der Waals surface area contributed by atoms with Gasteiger partial charge in [-0.05, 0) is 12.1 Å². The fourth-order valence-electron chi connectivity index (χ4n) is 1.08. The SMILES string of the molecule is COC(=O)c1ccc(C(=O)OC)c(F)c1F. The first kappa shape index (κ1) is 12.1. The van der Waals surface area contributed by atoms with Gasteiger partial charge in [0.25, 0.3) is 0 Å². The van der Waals surface area contributed by atoms with Crippen molar-refractivity contribution in [2.45, 2.75) is 0 Å². The third-order valence-corrected chi connectivity index (χ3v) is 1.89. The molecule has 0 bridgehead atoms. The summed E-state index contributed by atoms with van der Waals surface area (Å²) < 4.78 is 35.1. The molecule has 0 unspecified atom stereocenters. The van der Waals surface area contributed by atoms with Crippen LogP contribution in [0, 0.1) is 11.6 Å². The molecule has 0 radical (unpaired) electrons. The van der Waals surface area contributed by atoms with E-state index in [1.807, 2.05) is 0 Å². The van der Waals surface area contributed by atoms with E-state index < -0.39 is 34.7 Å². The molecule has 0 saturated carbocycles. The predicted molar refractivity (Wildman–Crippen MR) is 49.0 cm³/mol. The number of halogens is 2. The van der Waals surface area contributed by atoms with Gasteiger partial charge >= 0.3 is 11.9 Å². The summed E-state index contributed by atoms with van der Waals surface area (Å²) in [6.07, 6.45) is 0. The van der Waals surface area contributed by atoms with E-state index in [2.05, 4.69) is 9.47 Å². The maximum Gasteiger partial charge on any atom is 0.340 e. The molecule has 1 aromatic carbocycles. The van der Waals surface area contributed by atoms with Crippen LogP contribution in [0.4, 0.5) is 8.78 Å². The minimum atomic E-state index is -1.44. The summed E-state index contributed by atoms with van der Waals surface area (Å²) in [6.45, 7) is 0. The molecule has 0 atom stereocenters. The van der Waals surface area contributed by atoms with E-state index in [9.17, 15) is 18.4 Å². The van der Waals surface area contributed by atoms with Crippen LogP contribution >= 0.6 is 0 Å². The number of carbonyl (C=O) groups excluding carboxylic acids is 2. The van der Waals surface area contributed by atoms with Crippen LogP contribution in [0.2, 0.25) is 0 Å². The van der Waals surface area contributed by atoms with E-state index in [0.717, 1.165) is 26.4 Å². The van der Waals surface area contributed by atoms with Crippen LogP contribution in [0.5, 0.6) is 0 Å². The van der Waals surface area contributed by atoms with Crippen molar-refractivity contribution in [3.63, 3.8) is 0 Å². The van der Waals surface area contributed by atoms with Crippen LogP contribution in [0.3, 0.4) is 0 Å². The van der Waals surface area contributed by atoms with Gasteiger partial charge in [0.15, 0.2) is 11.6 Å². The summed E-state index contributed by atoms with van der Waals surface area (Å²) in [5.41, 5.74) is -1.15. The molecule has 0 amide bonds. The Hall–Kier alpha value is -1.98. The van der Waals surface area contributed by atoms with Crippen LogP contribution < -0.4 is 0 Å². The lowest BCUT2D eigenvalue weighted by Crippen LogP contribution is -2.11. The summed E-state index contributed by atoms with van der Waals surface area (Å²) in [4.78, 5) is 22.0. The predicted octanol–water partition coefficient (Wildman–Crippen LogP) is 1.54. The molecule has 6 heteroatoms. The Morgan fingerprint density at radius 1 is 0.938 bits per heavy atom. The molecule has 0 fully saturated rings. The zero-order valence-corrected chi connectivity index (χ0v) is 8.54. The van der Waals surface area contributed by atoms with Crippen molar-refractivity contribution in [3.05, 3.63) is 34.9 Å². The van der Waals surface area contributed by atoms with Gasteiger partial charge in [-0.2, -0.15) is 0 Å². The topological polar surface area (TPSA) is 52.6 Å². The fraction of sp³-hybridized carbons (Fsp3) is 0.200. The van der Waals surface area contributed by atoms with Crippen molar-refractivity contribution < 1.29 is 27.8 Å². The van der Waals surface area contributed by atoms with Crippen LogP contribution in [-0.2, 0) is 9.47 Å². The monoisotopic (exact) mass is 230 g/mol. The highest BCUT2D eigenvalue weighted by atomic mass is 19.2. The van der Waals surface area contributed by atoms with Gasteiger partial charge in [-0.1, -0.05) is 0 Å². The van der Waals surface area contributed by atoms with Crippen LogP contribution in [0.25, 0.3) is 0 Å². The molecule has 0 aromatic heterocycles. The van der Waals surface area contributed by atoms with Gasteiger partial charge in [0.05, 0.1) is 25.3 Å². The molecule has 0 spiro atoms. The Kier molecular flexibility index (Phi) is 3.55. The quantitative estimate of drug-likeness (QED) is 0.723. The minimum absolute atomic E-state index is 0.576. The van der Waals surface area contributed by atoms with Gasteiger partial charge in [-0.3, -0.25) is 0 Å². The average molecular weight is 230 g/mol. The van der Waals surface area contributed by atoms with E-state index in [1.54, 1.807) is 0 Å². The molecular weight excluding hydrogens is 222 g/mol. The zero-order valence-electron chi connectivity index (χ0n) is 8.54. The van der Waals surface area contributed by atoms with Gasteiger partial charge in [0.1, 0.15) is 0 Å². The summed E-state index contributed by atoms with van der Waals surface area (Å²) in [5.74, 6) is -4.91. The first-order valence-electron chi connectivity index (χ1n) is 4.17. The van der Waals surface area contributed by atoms with E-state index in [4.69, 9.17) is 0 Å². The maximum absolute atomic E-state index is 13.3. The third kappa shape index (κ3) is 2.00. The first-order valence-corrected chi connectivity index (χ1v) is 4.17. The summed E-state index contributed by atoms with van der Waals surface area (Å²) in [7, 11) is 2.07. The Morgan fingerprint density at radius 2 is 1.25 bits per heavy atom. The Morgan fingerprint density at radius 3 is 1.50 bits per heavy atom. The number of hydrogen-bond donors (Lipinski definition) is 0. The molecular formula is C10H8F2O4. The molecule has 86 valence electrons. The average Bonchev–Trinajstić information content (AvgIpc) is 2.30. The van der Waals surface area contributed by atoms with Crippen LogP contribution in [-0.4, -0.2) is 26.2 Å². The zero-order chi connectivity index (χ0) is 12.3. The van der Waals surface area contributed by atoms with E-state index >= 15 is 0 Å². The highest BCUT2D eigenvalue weighted by Gasteiger charge is 2.22. The van der Waals surface area contributed by atoms with Crippen LogP contribution in [0.15, 0.2) is 12.1 Å². The number of esters is 2. The van der Waals surface area contributed by atoms with Gasteiger partial charge in [-0.25, -0.2) is 18.4 Å². The van der Waals surface area contributed by atoms with Crippen LogP contribution in [0.1, 0.15) is 20.7 Å². The smallest absolute Gasteiger partial charge is 0.340 e. The second kappa shape index (κ2) is 4.69. The Balaban J connectivity index is 3.28. The van der Waals surface area contributed by atoms with Crippen molar-refractivity contribution in [1.29, 1.82) is 0 Å². The molecule has 4 nitrogen and oxygen atoms in total. The fourth-order valence-corrected chi connectivity index (χ4v) is 1.08. The Bertz CT molecular complexity index is 402. The number of ether oxygens (including phenoxy) is 2. The van der Waals surface area contributed by atoms with Crippen molar-refractivity contribution in [3.8, 4) is 0 Å². The highest BCUT2D eigenvalue weighted by Crippen LogP contribution is 2.17. The third-order valence-electron chi connectivity index (χ3n) is 1.89. The summed E-state index contributed by atoms with van der Waals surface area (Å²) in [6, 6.07) is 1.91. The molecule has 0 aliphatic rings. The highest BCUT2D eigenvalue weighted by molar-refractivity contribution is 5.93. The number of carbonyl (C=O) groups is 2. The summed E-state index contributed by atoms with van der Waals surface area (Å²) >= 11 is 0.